The van der Waals surface area contributed by atoms with Crippen LogP contribution in [0.5, 0.6) is 0 Å². The van der Waals surface area contributed by atoms with Crippen LogP contribution in [0.15, 0.2) is 47.7 Å². The van der Waals surface area contributed by atoms with Gasteiger partial charge in [-0.05, 0) is 32.1 Å². The maximum absolute atomic E-state index is 13.1. The summed E-state index contributed by atoms with van der Waals surface area (Å²) in [5.74, 6) is 0.367. The Labute approximate surface area is 182 Å². The minimum atomic E-state index is -4.64. The summed E-state index contributed by atoms with van der Waals surface area (Å²) in [6, 6.07) is 4.77. The second-order valence-corrected chi connectivity index (χ2v) is 6.69. The number of pyridine rings is 1. The van der Waals surface area contributed by atoms with Crippen molar-refractivity contribution in [2.45, 2.75) is 26.1 Å². The Hall–Kier alpha value is -3.05. The van der Waals surface area contributed by atoms with Crippen molar-refractivity contribution in [3.05, 3.63) is 47.9 Å². The van der Waals surface area contributed by atoms with Crippen LogP contribution >= 0.6 is 11.6 Å². The van der Waals surface area contributed by atoms with Crippen molar-refractivity contribution in [3.63, 3.8) is 0 Å². The highest BCUT2D eigenvalue weighted by molar-refractivity contribution is 6.29. The molecule has 2 rings (SSSR count). The average molecular weight is 456 g/mol. The first-order chi connectivity index (χ1) is 14.6. The van der Waals surface area contributed by atoms with Gasteiger partial charge in [0.05, 0.1) is 6.61 Å². The lowest BCUT2D eigenvalue weighted by Crippen LogP contribution is -2.23. The molecular weight excluding hydrogens is 435 g/mol. The number of allylic oxidation sites excluding steroid dienone is 2. The summed E-state index contributed by atoms with van der Waals surface area (Å²) in [4.78, 5) is 20.2. The van der Waals surface area contributed by atoms with Crippen molar-refractivity contribution in [1.82, 2.24) is 19.9 Å². The molecule has 0 bridgehead atoms. The third-order valence-corrected chi connectivity index (χ3v) is 3.77. The first kappa shape index (κ1) is 24.2. The molecule has 166 valence electrons. The number of anilines is 2. The highest BCUT2D eigenvalue weighted by atomic mass is 35.5. The Morgan fingerprint density at radius 2 is 1.97 bits per heavy atom. The van der Waals surface area contributed by atoms with Crippen LogP contribution in [-0.4, -0.2) is 51.6 Å². The average Bonchev–Trinajstić information content (AvgIpc) is 2.67. The van der Waals surface area contributed by atoms with E-state index in [1.165, 1.54) is 6.92 Å². The van der Waals surface area contributed by atoms with Crippen molar-refractivity contribution in [1.29, 1.82) is 0 Å². The lowest BCUT2D eigenvalue weighted by atomic mass is 10.3. The summed E-state index contributed by atoms with van der Waals surface area (Å²) in [7, 11) is 1.55. The zero-order chi connectivity index (χ0) is 23.0. The van der Waals surface area contributed by atoms with E-state index >= 15 is 0 Å². The number of aromatic nitrogens is 4. The summed E-state index contributed by atoms with van der Waals surface area (Å²) in [6.07, 6.45) is -3.00. The van der Waals surface area contributed by atoms with Crippen LogP contribution in [0.4, 0.5) is 25.1 Å². The summed E-state index contributed by atoms with van der Waals surface area (Å²) >= 11 is 5.95. The molecule has 0 aliphatic rings. The molecule has 0 aliphatic heterocycles. The first-order valence-electron chi connectivity index (χ1n) is 8.98. The van der Waals surface area contributed by atoms with Crippen LogP contribution in [0.3, 0.4) is 0 Å². The Balaban J connectivity index is 2.43. The molecule has 2 heterocycles. The maximum Gasteiger partial charge on any atom is 0.433 e. The van der Waals surface area contributed by atoms with Gasteiger partial charge < -0.3 is 15.4 Å². The SMILES string of the molecule is C=C/N=C(\C=C(/C)Nc1nc(NC(C)COC)nc(-c2cccc(Cl)n2)n1)C(F)(F)F. The molecule has 2 N–H and O–H groups in total. The van der Waals surface area contributed by atoms with Gasteiger partial charge in [-0.2, -0.15) is 28.1 Å². The Bertz CT molecular complexity index is 979. The molecule has 8 nitrogen and oxygen atoms in total. The van der Waals surface area contributed by atoms with Crippen LogP contribution in [0, 0.1) is 0 Å². The van der Waals surface area contributed by atoms with E-state index in [0.717, 1.165) is 12.3 Å². The molecule has 0 saturated heterocycles. The predicted molar refractivity (Wildman–Crippen MR) is 114 cm³/mol. The molecule has 1 unspecified atom stereocenters. The third-order valence-electron chi connectivity index (χ3n) is 3.55. The summed E-state index contributed by atoms with van der Waals surface area (Å²) < 4.78 is 44.3. The standard InChI is InChI=1S/C19H21ClF3N7O/c1-5-24-14(19(21,22)23)9-11(2)25-17-28-16(13-7-6-8-15(20)27-13)29-18(30-17)26-12(3)10-31-4/h5-9,12H,1,10H2,2-4H3,(H2,25,26,28,29,30)/b11-9+,24-14+. The molecule has 0 radical (unpaired) electrons. The predicted octanol–water partition coefficient (Wildman–Crippen LogP) is 4.50. The van der Waals surface area contributed by atoms with Gasteiger partial charge in [-0.15, -0.1) is 0 Å². The third kappa shape index (κ3) is 7.61. The van der Waals surface area contributed by atoms with Crippen LogP contribution in [0.2, 0.25) is 5.15 Å². The van der Waals surface area contributed by atoms with Gasteiger partial charge >= 0.3 is 6.18 Å². The van der Waals surface area contributed by atoms with Gasteiger partial charge in [-0.3, -0.25) is 4.99 Å². The summed E-state index contributed by atoms with van der Waals surface area (Å²) in [5, 5.41) is 6.00. The second-order valence-electron chi connectivity index (χ2n) is 6.30. The lowest BCUT2D eigenvalue weighted by Gasteiger charge is -2.15. The molecule has 0 saturated carbocycles. The molecule has 31 heavy (non-hydrogen) atoms. The van der Waals surface area contributed by atoms with E-state index < -0.39 is 11.9 Å². The number of methoxy groups -OCH3 is 1. The zero-order valence-corrected chi connectivity index (χ0v) is 17.8. The number of ether oxygens (including phenoxy) is 1. The van der Waals surface area contributed by atoms with E-state index in [0.29, 0.717) is 12.3 Å². The van der Waals surface area contributed by atoms with Crippen molar-refractivity contribution in [2.24, 2.45) is 4.99 Å². The first-order valence-corrected chi connectivity index (χ1v) is 9.36. The Morgan fingerprint density at radius 3 is 2.58 bits per heavy atom. The lowest BCUT2D eigenvalue weighted by molar-refractivity contribution is -0.0577. The highest BCUT2D eigenvalue weighted by Gasteiger charge is 2.34. The van der Waals surface area contributed by atoms with Crippen molar-refractivity contribution in [3.8, 4) is 11.5 Å². The molecule has 2 aromatic rings. The van der Waals surface area contributed by atoms with Crippen LogP contribution in [-0.2, 0) is 4.74 Å². The summed E-state index contributed by atoms with van der Waals surface area (Å²) in [5.41, 5.74) is -0.651. The van der Waals surface area contributed by atoms with Crippen molar-refractivity contribution < 1.29 is 17.9 Å². The fraction of sp³-hybridized carbons (Fsp3) is 0.316. The van der Waals surface area contributed by atoms with E-state index in [4.69, 9.17) is 16.3 Å². The van der Waals surface area contributed by atoms with Crippen molar-refractivity contribution >= 4 is 29.2 Å². The summed E-state index contributed by atoms with van der Waals surface area (Å²) in [6.45, 7) is 6.86. The van der Waals surface area contributed by atoms with Gasteiger partial charge in [-0.25, -0.2) is 4.98 Å². The molecule has 0 aliphatic carbocycles. The Morgan fingerprint density at radius 1 is 1.26 bits per heavy atom. The van der Waals surface area contributed by atoms with E-state index in [9.17, 15) is 13.2 Å². The fourth-order valence-corrected chi connectivity index (χ4v) is 2.53. The molecule has 0 amide bonds. The number of nitrogens with one attached hydrogen (secondary N) is 2. The molecule has 2 aromatic heterocycles. The smallest absolute Gasteiger partial charge is 0.383 e. The van der Waals surface area contributed by atoms with Gasteiger partial charge in [0.2, 0.25) is 11.9 Å². The topological polar surface area (TPSA) is 97.2 Å². The van der Waals surface area contributed by atoms with E-state index in [2.05, 4.69) is 42.1 Å². The van der Waals surface area contributed by atoms with Gasteiger partial charge in [0.25, 0.3) is 0 Å². The normalized spacial score (nSPS) is 13.6. The minimum Gasteiger partial charge on any atom is -0.383 e. The molecule has 12 heteroatoms. The largest absolute Gasteiger partial charge is 0.433 e. The second kappa shape index (κ2) is 10.8. The van der Waals surface area contributed by atoms with E-state index in [1.807, 2.05) is 6.92 Å². The zero-order valence-electron chi connectivity index (χ0n) is 17.0. The highest BCUT2D eigenvalue weighted by Crippen LogP contribution is 2.21. The Kier molecular flexibility index (Phi) is 8.46. The minimum absolute atomic E-state index is 0.00719. The molecule has 0 fully saturated rings. The molecular formula is C19H21ClF3N7O. The maximum atomic E-state index is 13.1. The van der Waals surface area contributed by atoms with Crippen LogP contribution in [0.1, 0.15) is 13.8 Å². The number of hydrogen-bond donors (Lipinski definition) is 2. The number of rotatable bonds is 9. The molecule has 1 atom stereocenters. The van der Waals surface area contributed by atoms with Crippen molar-refractivity contribution in [2.75, 3.05) is 24.4 Å². The van der Waals surface area contributed by atoms with Crippen LogP contribution in [0.25, 0.3) is 11.5 Å². The number of alkyl halides is 3. The van der Waals surface area contributed by atoms with Crippen LogP contribution < -0.4 is 10.6 Å². The van der Waals surface area contributed by atoms with Gasteiger partial charge in [-0.1, -0.05) is 24.2 Å². The quantitative estimate of drug-likeness (QED) is 0.424. The van der Waals surface area contributed by atoms with Gasteiger partial charge in [0.15, 0.2) is 5.82 Å². The molecule has 0 spiro atoms. The molecule has 0 aromatic carbocycles. The van der Waals surface area contributed by atoms with Gasteiger partial charge in [0, 0.05) is 25.0 Å². The number of hydrogen-bond acceptors (Lipinski definition) is 8. The number of nitrogens with zero attached hydrogens (tertiary/aromatic N) is 5. The van der Waals surface area contributed by atoms with Gasteiger partial charge in [0.1, 0.15) is 16.6 Å². The monoisotopic (exact) mass is 455 g/mol. The fourth-order valence-electron chi connectivity index (χ4n) is 2.36. The van der Waals surface area contributed by atoms with E-state index in [1.54, 1.807) is 25.3 Å². The number of aliphatic imine (C=N–C) groups is 1. The number of halogens is 4. The van der Waals surface area contributed by atoms with E-state index in [-0.39, 0.29) is 34.6 Å².